The van der Waals surface area contributed by atoms with Crippen LogP contribution in [0.3, 0.4) is 0 Å². The van der Waals surface area contributed by atoms with E-state index in [-0.39, 0.29) is 11.5 Å². The molecule has 2 aromatic heterocycles. The zero-order valence-corrected chi connectivity index (χ0v) is 21.2. The Balaban J connectivity index is 1.22. The fourth-order valence-corrected chi connectivity index (χ4v) is 6.45. The summed E-state index contributed by atoms with van der Waals surface area (Å²) in [6.45, 7) is 6.23. The van der Waals surface area contributed by atoms with Crippen molar-refractivity contribution in [2.75, 3.05) is 32.7 Å². The lowest BCUT2D eigenvalue weighted by atomic mass is 9.99. The highest BCUT2D eigenvalue weighted by atomic mass is 16.2. The zero-order valence-electron chi connectivity index (χ0n) is 21.2. The molecule has 0 unspecified atom stereocenters. The van der Waals surface area contributed by atoms with Crippen molar-refractivity contribution in [3.8, 4) is 0 Å². The largest absolute Gasteiger partial charge is 0.338 e. The molecule has 0 N–H and O–H groups in total. The van der Waals surface area contributed by atoms with Crippen molar-refractivity contribution >= 4 is 11.6 Å². The predicted octanol–water partition coefficient (Wildman–Crippen LogP) is 2.68. The highest BCUT2D eigenvalue weighted by Gasteiger charge is 2.31. The van der Waals surface area contributed by atoms with E-state index in [0.717, 1.165) is 56.7 Å². The minimum absolute atomic E-state index is 0.00134. The molecule has 1 aromatic carbocycles. The Morgan fingerprint density at radius 1 is 1.00 bits per heavy atom. The highest BCUT2D eigenvalue weighted by molar-refractivity contribution is 5.99. The molecule has 0 atom stereocenters. The van der Waals surface area contributed by atoms with Gasteiger partial charge in [0.2, 0.25) is 0 Å². The molecule has 6 rings (SSSR count). The molecule has 3 aliphatic heterocycles. The van der Waals surface area contributed by atoms with Gasteiger partial charge in [-0.3, -0.25) is 14.5 Å². The Kier molecular flexibility index (Phi) is 6.39. The molecule has 190 valence electrons. The van der Waals surface area contributed by atoms with Gasteiger partial charge >= 0.3 is 0 Å². The molecule has 0 bridgehead atoms. The fourth-order valence-electron chi connectivity index (χ4n) is 6.45. The lowest BCUT2D eigenvalue weighted by molar-refractivity contribution is 0.0591. The van der Waals surface area contributed by atoms with Crippen molar-refractivity contribution < 1.29 is 4.79 Å². The summed E-state index contributed by atoms with van der Waals surface area (Å²) in [5, 5.41) is 4.41. The van der Waals surface area contributed by atoms with Gasteiger partial charge in [-0.05, 0) is 44.3 Å². The molecule has 0 spiro atoms. The van der Waals surface area contributed by atoms with Gasteiger partial charge in [0.25, 0.3) is 11.5 Å². The number of piperidine rings is 2. The van der Waals surface area contributed by atoms with Crippen molar-refractivity contribution in [2.24, 2.45) is 7.05 Å². The number of fused-ring (bicyclic) bond motifs is 2. The van der Waals surface area contributed by atoms with Crippen LogP contribution in [-0.2, 0) is 26.6 Å². The number of carbonyl (C=O) groups excluding carboxylic acids is 1. The van der Waals surface area contributed by atoms with E-state index in [1.165, 1.54) is 42.4 Å². The fraction of sp³-hybridized carbons (Fsp3) is 0.536. The van der Waals surface area contributed by atoms with E-state index in [9.17, 15) is 9.59 Å². The van der Waals surface area contributed by atoms with Crippen LogP contribution in [0, 0.1) is 0 Å². The SMILES string of the molecule is Cn1c2c(c(=O)n3ncc(C(=O)N4CCC(N5CCCCC5)CC4)c13)CN(Cc1ccccc1)CC2. The monoisotopic (exact) mass is 488 g/mol. The van der Waals surface area contributed by atoms with Gasteiger partial charge in [0.1, 0.15) is 5.56 Å². The number of aromatic nitrogens is 3. The van der Waals surface area contributed by atoms with Crippen molar-refractivity contribution in [1.82, 2.24) is 28.9 Å². The van der Waals surface area contributed by atoms with Gasteiger partial charge in [-0.1, -0.05) is 36.8 Å². The molecule has 8 heteroatoms. The third-order valence-corrected chi connectivity index (χ3v) is 8.45. The Morgan fingerprint density at radius 2 is 1.75 bits per heavy atom. The van der Waals surface area contributed by atoms with Gasteiger partial charge in [0, 0.05) is 57.9 Å². The molecule has 0 saturated carbocycles. The van der Waals surface area contributed by atoms with Crippen LogP contribution >= 0.6 is 0 Å². The first-order valence-electron chi connectivity index (χ1n) is 13.5. The highest BCUT2D eigenvalue weighted by Crippen LogP contribution is 2.24. The molecule has 0 aliphatic carbocycles. The normalized spacial score (nSPS) is 20.1. The maximum atomic E-state index is 13.6. The zero-order chi connectivity index (χ0) is 24.6. The Bertz CT molecular complexity index is 1300. The average Bonchev–Trinajstić information content (AvgIpc) is 3.38. The first-order chi connectivity index (χ1) is 17.6. The molecule has 2 saturated heterocycles. The molecule has 3 aliphatic rings. The number of hydrogen-bond donors (Lipinski definition) is 0. The lowest BCUT2D eigenvalue weighted by Gasteiger charge is -2.40. The number of benzene rings is 1. The second-order valence-electron chi connectivity index (χ2n) is 10.6. The summed E-state index contributed by atoms with van der Waals surface area (Å²) in [5.41, 5.74) is 4.12. The topological polar surface area (TPSA) is 66.1 Å². The van der Waals surface area contributed by atoms with Crippen molar-refractivity contribution in [3.05, 3.63) is 69.3 Å². The van der Waals surface area contributed by atoms with Crippen LogP contribution in [0.25, 0.3) is 5.65 Å². The van der Waals surface area contributed by atoms with Crippen LogP contribution < -0.4 is 5.56 Å². The van der Waals surface area contributed by atoms with Crippen LogP contribution in [0.5, 0.6) is 0 Å². The van der Waals surface area contributed by atoms with Crippen LogP contribution in [0.4, 0.5) is 0 Å². The summed E-state index contributed by atoms with van der Waals surface area (Å²) in [6, 6.07) is 11.0. The van der Waals surface area contributed by atoms with Gasteiger partial charge in [0.05, 0.1) is 11.8 Å². The maximum Gasteiger partial charge on any atom is 0.279 e. The molecule has 0 radical (unpaired) electrons. The molecule has 2 fully saturated rings. The van der Waals surface area contributed by atoms with E-state index in [1.807, 2.05) is 34.7 Å². The summed E-state index contributed by atoms with van der Waals surface area (Å²) in [6.07, 6.45) is 8.37. The standard InChI is InChI=1S/C28H36N6O2/c1-30-25-12-15-31(19-21-8-4-2-5-9-21)20-24(25)28(36)34-26(30)23(18-29-34)27(35)33-16-10-22(11-17-33)32-13-6-3-7-14-32/h2,4-5,8-9,18,22H,3,6-7,10-17,19-20H2,1H3. The first-order valence-corrected chi connectivity index (χ1v) is 13.5. The molecule has 5 heterocycles. The molecule has 8 nitrogen and oxygen atoms in total. The average molecular weight is 489 g/mol. The van der Waals surface area contributed by atoms with Gasteiger partial charge < -0.3 is 14.4 Å². The van der Waals surface area contributed by atoms with E-state index in [2.05, 4.69) is 27.0 Å². The smallest absolute Gasteiger partial charge is 0.279 e. The van der Waals surface area contributed by atoms with Crippen LogP contribution in [0.1, 0.15) is 59.3 Å². The maximum absolute atomic E-state index is 13.6. The lowest BCUT2D eigenvalue weighted by Crippen LogP contribution is -2.48. The molecule has 1 amide bonds. The van der Waals surface area contributed by atoms with Crippen molar-refractivity contribution in [3.63, 3.8) is 0 Å². The molecular formula is C28H36N6O2. The van der Waals surface area contributed by atoms with Crippen LogP contribution in [0.15, 0.2) is 41.3 Å². The number of amides is 1. The van der Waals surface area contributed by atoms with Crippen LogP contribution in [-0.4, -0.2) is 73.6 Å². The second-order valence-corrected chi connectivity index (χ2v) is 10.6. The van der Waals surface area contributed by atoms with E-state index in [1.54, 1.807) is 6.20 Å². The molecule has 3 aromatic rings. The van der Waals surface area contributed by atoms with Crippen molar-refractivity contribution in [1.29, 1.82) is 0 Å². The Labute approximate surface area is 212 Å². The van der Waals surface area contributed by atoms with E-state index in [0.29, 0.717) is 23.8 Å². The Morgan fingerprint density at radius 3 is 2.50 bits per heavy atom. The quantitative estimate of drug-likeness (QED) is 0.565. The summed E-state index contributed by atoms with van der Waals surface area (Å²) >= 11 is 0. The van der Waals surface area contributed by atoms with E-state index >= 15 is 0 Å². The van der Waals surface area contributed by atoms with E-state index in [4.69, 9.17) is 0 Å². The van der Waals surface area contributed by atoms with Crippen LogP contribution in [0.2, 0.25) is 0 Å². The van der Waals surface area contributed by atoms with Gasteiger partial charge in [-0.2, -0.15) is 9.61 Å². The predicted molar refractivity (Wildman–Crippen MR) is 139 cm³/mol. The number of likely N-dealkylation sites (tertiary alicyclic amines) is 2. The van der Waals surface area contributed by atoms with Gasteiger partial charge in [0.15, 0.2) is 5.65 Å². The number of aryl methyl sites for hydroxylation is 1. The number of hydrogen-bond acceptors (Lipinski definition) is 5. The third-order valence-electron chi connectivity index (χ3n) is 8.45. The third kappa shape index (κ3) is 4.26. The summed E-state index contributed by atoms with van der Waals surface area (Å²) in [7, 11) is 1.97. The second kappa shape index (κ2) is 9.82. The molecule has 36 heavy (non-hydrogen) atoms. The minimum atomic E-state index is -0.0984. The Hall–Kier alpha value is -2.97. The summed E-state index contributed by atoms with van der Waals surface area (Å²) in [4.78, 5) is 34.0. The first kappa shape index (κ1) is 23.4. The number of carbonyl (C=O) groups is 1. The number of nitrogens with zero attached hydrogens (tertiary/aromatic N) is 6. The van der Waals surface area contributed by atoms with Crippen molar-refractivity contribution in [2.45, 2.75) is 57.7 Å². The number of rotatable bonds is 4. The molecular weight excluding hydrogens is 452 g/mol. The van der Waals surface area contributed by atoms with E-state index < -0.39 is 0 Å². The summed E-state index contributed by atoms with van der Waals surface area (Å²) in [5.74, 6) is -0.00134. The summed E-state index contributed by atoms with van der Waals surface area (Å²) < 4.78 is 3.48. The van der Waals surface area contributed by atoms with Gasteiger partial charge in [-0.15, -0.1) is 0 Å². The minimum Gasteiger partial charge on any atom is -0.338 e. The van der Waals surface area contributed by atoms with Gasteiger partial charge in [-0.25, -0.2) is 0 Å².